The molecule has 0 atom stereocenters. The van der Waals surface area contributed by atoms with Crippen LogP contribution in [-0.4, -0.2) is 23.0 Å². The van der Waals surface area contributed by atoms with Crippen molar-refractivity contribution < 1.29 is 9.47 Å². The number of aryl methyl sites for hydroxylation is 2. The van der Waals surface area contributed by atoms with Gasteiger partial charge in [0, 0.05) is 5.56 Å². The SMILES string of the molecule is COc1cc(C)c(-c2nc3ccccc3c(=O)n2N=Cc2cc(Br)c(OCc3ccc(C)cc3)c(Br)c2)cc1C(C)C. The highest BCUT2D eigenvalue weighted by Crippen LogP contribution is 2.36. The van der Waals surface area contributed by atoms with Gasteiger partial charge in [-0.2, -0.15) is 9.78 Å². The molecule has 8 heteroatoms. The molecule has 214 valence electrons. The summed E-state index contributed by atoms with van der Waals surface area (Å²) in [6.07, 6.45) is 1.66. The molecule has 4 aromatic carbocycles. The predicted octanol–water partition coefficient (Wildman–Crippen LogP) is 8.80. The number of fused-ring (bicyclic) bond motifs is 1. The molecule has 0 N–H and O–H groups in total. The lowest BCUT2D eigenvalue weighted by molar-refractivity contribution is 0.302. The second-order valence-electron chi connectivity index (χ2n) is 10.5. The molecule has 1 heterocycles. The minimum absolute atomic E-state index is 0.213. The summed E-state index contributed by atoms with van der Waals surface area (Å²) >= 11 is 7.29. The third kappa shape index (κ3) is 6.20. The second-order valence-corrected chi connectivity index (χ2v) is 12.2. The van der Waals surface area contributed by atoms with Gasteiger partial charge in [0.2, 0.25) is 0 Å². The number of rotatable bonds is 8. The van der Waals surface area contributed by atoms with Crippen LogP contribution in [0.4, 0.5) is 0 Å². The largest absolute Gasteiger partial charge is 0.496 e. The van der Waals surface area contributed by atoms with E-state index in [2.05, 4.69) is 88.1 Å². The fourth-order valence-corrected chi connectivity index (χ4v) is 6.18. The van der Waals surface area contributed by atoms with Crippen LogP contribution in [0.3, 0.4) is 0 Å². The zero-order valence-electron chi connectivity index (χ0n) is 24.1. The van der Waals surface area contributed by atoms with E-state index < -0.39 is 0 Å². The van der Waals surface area contributed by atoms with E-state index >= 15 is 0 Å². The molecule has 0 spiro atoms. The Morgan fingerprint density at radius 3 is 2.33 bits per heavy atom. The average molecular weight is 689 g/mol. The molecule has 0 aliphatic carbocycles. The second kappa shape index (κ2) is 12.6. The number of methoxy groups -OCH3 is 1. The highest BCUT2D eigenvalue weighted by Gasteiger charge is 2.18. The van der Waals surface area contributed by atoms with Crippen molar-refractivity contribution in [2.45, 2.75) is 40.2 Å². The van der Waals surface area contributed by atoms with Crippen molar-refractivity contribution in [3.63, 3.8) is 0 Å². The van der Waals surface area contributed by atoms with E-state index in [0.29, 0.717) is 29.1 Å². The molecule has 0 aliphatic heterocycles. The Labute approximate surface area is 262 Å². The topological polar surface area (TPSA) is 65.7 Å². The minimum atomic E-state index is -0.246. The third-order valence-electron chi connectivity index (χ3n) is 7.04. The van der Waals surface area contributed by atoms with Crippen molar-refractivity contribution in [2.75, 3.05) is 7.11 Å². The lowest BCUT2D eigenvalue weighted by atomic mass is 9.96. The van der Waals surface area contributed by atoms with Gasteiger partial charge in [-0.25, -0.2) is 4.98 Å². The van der Waals surface area contributed by atoms with E-state index in [1.807, 2.05) is 43.3 Å². The van der Waals surface area contributed by atoms with Crippen LogP contribution in [0.1, 0.15) is 47.6 Å². The zero-order chi connectivity index (χ0) is 30.0. The Bertz CT molecular complexity index is 1840. The molecule has 6 nitrogen and oxygen atoms in total. The fraction of sp³-hybridized carbons (Fsp3) is 0.206. The van der Waals surface area contributed by atoms with Crippen LogP contribution in [0.25, 0.3) is 22.3 Å². The third-order valence-corrected chi connectivity index (χ3v) is 8.22. The molecule has 5 rings (SSSR count). The van der Waals surface area contributed by atoms with Gasteiger partial charge >= 0.3 is 0 Å². The molecule has 0 saturated carbocycles. The van der Waals surface area contributed by atoms with E-state index in [0.717, 1.165) is 42.5 Å². The van der Waals surface area contributed by atoms with Crippen molar-refractivity contribution >= 4 is 49.0 Å². The Balaban J connectivity index is 1.56. The van der Waals surface area contributed by atoms with Gasteiger partial charge < -0.3 is 9.47 Å². The maximum absolute atomic E-state index is 13.8. The highest BCUT2D eigenvalue weighted by molar-refractivity contribution is 9.11. The maximum atomic E-state index is 13.8. The molecular weight excluding hydrogens is 658 g/mol. The van der Waals surface area contributed by atoms with Gasteiger partial charge in [0.25, 0.3) is 5.56 Å². The standard InChI is InChI=1S/C34H31Br2N3O3/c1-20(2)26-17-27(22(4)14-31(26)41-5)33-38-30-9-7-6-8-25(30)34(40)39(33)37-18-24-15-28(35)32(29(36)16-24)42-19-23-12-10-21(3)11-13-23/h6-18,20H,19H2,1-5H3. The van der Waals surface area contributed by atoms with Crippen LogP contribution < -0.4 is 15.0 Å². The smallest absolute Gasteiger partial charge is 0.282 e. The van der Waals surface area contributed by atoms with E-state index in [1.54, 1.807) is 19.4 Å². The number of benzene rings is 4. The van der Waals surface area contributed by atoms with Crippen LogP contribution in [0.15, 0.2) is 91.6 Å². The molecule has 42 heavy (non-hydrogen) atoms. The zero-order valence-corrected chi connectivity index (χ0v) is 27.3. The number of para-hydroxylation sites is 1. The number of hydrogen-bond donors (Lipinski definition) is 0. The highest BCUT2D eigenvalue weighted by atomic mass is 79.9. The summed E-state index contributed by atoms with van der Waals surface area (Å²) in [6, 6.07) is 23.4. The Morgan fingerprint density at radius 1 is 0.976 bits per heavy atom. The summed E-state index contributed by atoms with van der Waals surface area (Å²) in [4.78, 5) is 18.7. The van der Waals surface area contributed by atoms with Gasteiger partial charge in [0.1, 0.15) is 18.1 Å². The van der Waals surface area contributed by atoms with E-state index in [9.17, 15) is 4.79 Å². The van der Waals surface area contributed by atoms with E-state index in [1.165, 1.54) is 10.2 Å². The molecule has 0 bridgehead atoms. The van der Waals surface area contributed by atoms with Crippen LogP contribution >= 0.6 is 31.9 Å². The number of aromatic nitrogens is 2. The van der Waals surface area contributed by atoms with Gasteiger partial charge in [-0.15, -0.1) is 0 Å². The lowest BCUT2D eigenvalue weighted by Crippen LogP contribution is -2.20. The van der Waals surface area contributed by atoms with Crippen molar-refractivity contribution in [1.82, 2.24) is 9.66 Å². The van der Waals surface area contributed by atoms with Crippen molar-refractivity contribution in [1.29, 1.82) is 0 Å². The summed E-state index contributed by atoms with van der Waals surface area (Å²) in [5.41, 5.74) is 6.22. The Hall–Kier alpha value is -3.75. The quantitative estimate of drug-likeness (QED) is 0.153. The van der Waals surface area contributed by atoms with Crippen LogP contribution in [-0.2, 0) is 6.61 Å². The van der Waals surface area contributed by atoms with Crippen molar-refractivity contribution in [3.05, 3.63) is 120 Å². The van der Waals surface area contributed by atoms with Crippen molar-refractivity contribution in [3.8, 4) is 22.9 Å². The van der Waals surface area contributed by atoms with E-state index in [-0.39, 0.29) is 11.5 Å². The summed E-state index contributed by atoms with van der Waals surface area (Å²) < 4.78 is 14.7. The summed E-state index contributed by atoms with van der Waals surface area (Å²) in [7, 11) is 1.67. The first-order valence-electron chi connectivity index (χ1n) is 13.6. The fourth-order valence-electron chi connectivity index (χ4n) is 4.73. The summed E-state index contributed by atoms with van der Waals surface area (Å²) in [6.45, 7) is 8.71. The van der Waals surface area contributed by atoms with Gasteiger partial charge in [-0.1, -0.05) is 55.8 Å². The first-order chi connectivity index (χ1) is 20.2. The lowest BCUT2D eigenvalue weighted by Gasteiger charge is -2.17. The maximum Gasteiger partial charge on any atom is 0.282 e. The van der Waals surface area contributed by atoms with Crippen LogP contribution in [0.2, 0.25) is 0 Å². The molecule has 5 aromatic rings. The number of ether oxygens (including phenoxy) is 2. The van der Waals surface area contributed by atoms with Gasteiger partial charge in [-0.05, 0) is 110 Å². The van der Waals surface area contributed by atoms with Gasteiger partial charge in [0.15, 0.2) is 5.82 Å². The number of nitrogens with zero attached hydrogens (tertiary/aromatic N) is 3. The normalized spacial score (nSPS) is 11.5. The molecule has 0 radical (unpaired) electrons. The number of hydrogen-bond acceptors (Lipinski definition) is 5. The molecule has 0 amide bonds. The van der Waals surface area contributed by atoms with Crippen LogP contribution in [0, 0.1) is 13.8 Å². The molecule has 0 fully saturated rings. The molecule has 0 unspecified atom stereocenters. The summed E-state index contributed by atoms with van der Waals surface area (Å²) in [5.74, 6) is 2.18. The first-order valence-corrected chi connectivity index (χ1v) is 15.2. The Kier molecular flexibility index (Phi) is 8.94. The first kappa shape index (κ1) is 29.7. The van der Waals surface area contributed by atoms with Crippen molar-refractivity contribution in [2.24, 2.45) is 5.10 Å². The van der Waals surface area contributed by atoms with Gasteiger partial charge in [0.05, 0.1) is 33.2 Å². The van der Waals surface area contributed by atoms with Gasteiger partial charge in [-0.3, -0.25) is 4.79 Å². The monoisotopic (exact) mass is 687 g/mol. The summed E-state index contributed by atoms with van der Waals surface area (Å²) in [5, 5.41) is 5.17. The number of halogens is 2. The molecule has 0 aliphatic rings. The minimum Gasteiger partial charge on any atom is -0.496 e. The predicted molar refractivity (Wildman–Crippen MR) is 177 cm³/mol. The van der Waals surface area contributed by atoms with E-state index in [4.69, 9.17) is 14.5 Å². The molecule has 1 aromatic heterocycles. The van der Waals surface area contributed by atoms with Crippen LogP contribution in [0.5, 0.6) is 11.5 Å². The molecule has 0 saturated heterocycles. The average Bonchev–Trinajstić information content (AvgIpc) is 2.96. The molecular formula is C34H31Br2N3O3. The Morgan fingerprint density at radius 2 is 1.67 bits per heavy atom.